The number of hydrogen-bond donors (Lipinski definition) is 1. The van der Waals surface area contributed by atoms with Gasteiger partial charge in [-0.1, -0.05) is 11.6 Å². The van der Waals surface area contributed by atoms with Crippen molar-refractivity contribution >= 4 is 35.0 Å². The predicted molar refractivity (Wildman–Crippen MR) is 99.5 cm³/mol. The zero-order valence-electron chi connectivity index (χ0n) is 14.6. The summed E-state index contributed by atoms with van der Waals surface area (Å²) in [5.74, 6) is 0.896. The number of rotatable bonds is 6. The maximum absolute atomic E-state index is 12.3. The highest BCUT2D eigenvalue weighted by Crippen LogP contribution is 2.25. The van der Waals surface area contributed by atoms with E-state index in [9.17, 15) is 9.59 Å². The molecule has 5 nitrogen and oxygen atoms in total. The smallest absolute Gasteiger partial charge is 0.260 e. The Morgan fingerprint density at radius 2 is 1.84 bits per heavy atom. The lowest BCUT2D eigenvalue weighted by molar-refractivity contribution is -0.134. The fourth-order valence-corrected chi connectivity index (χ4v) is 3.17. The predicted octanol–water partition coefficient (Wildman–Crippen LogP) is 3.07. The highest BCUT2D eigenvalue weighted by Gasteiger charge is 2.24. The van der Waals surface area contributed by atoms with E-state index >= 15 is 0 Å². The van der Waals surface area contributed by atoms with E-state index < -0.39 is 0 Å². The zero-order valence-corrected chi connectivity index (χ0v) is 16.1. The van der Waals surface area contributed by atoms with Gasteiger partial charge in [0.05, 0.1) is 0 Å². The maximum Gasteiger partial charge on any atom is 0.260 e. The molecule has 0 bridgehead atoms. The highest BCUT2D eigenvalue weighted by molar-refractivity contribution is 6.32. The van der Waals surface area contributed by atoms with Gasteiger partial charge in [0.25, 0.3) is 5.91 Å². The van der Waals surface area contributed by atoms with E-state index in [-0.39, 0.29) is 24.5 Å². The number of hydrogen-bond acceptors (Lipinski definition) is 3. The first kappa shape index (κ1) is 19.9. The number of benzene rings is 1. The van der Waals surface area contributed by atoms with Crippen LogP contribution in [-0.4, -0.2) is 48.3 Å². The molecule has 0 spiro atoms. The molecule has 138 valence electrons. The Kier molecular flexibility index (Phi) is 7.38. The van der Waals surface area contributed by atoms with Gasteiger partial charge in [-0.2, -0.15) is 0 Å². The standard InChI is InChI=1S/C18H24Cl2N2O3/c1-12-9-15(10-13(2)18(12)20)25-11-17(24)22-7-4-14(5-8-22)21-16(23)3-6-19/h9-10,14H,3-8,11H2,1-2H3,(H,21,23). The largest absolute Gasteiger partial charge is 0.484 e. The van der Waals surface area contributed by atoms with Crippen molar-refractivity contribution < 1.29 is 14.3 Å². The van der Waals surface area contributed by atoms with Crippen LogP contribution in [-0.2, 0) is 9.59 Å². The van der Waals surface area contributed by atoms with Crippen molar-refractivity contribution in [3.8, 4) is 5.75 Å². The number of ether oxygens (including phenoxy) is 1. The van der Waals surface area contributed by atoms with Gasteiger partial charge in [-0.15, -0.1) is 11.6 Å². The summed E-state index contributed by atoms with van der Waals surface area (Å²) in [6.45, 7) is 5.06. The summed E-state index contributed by atoms with van der Waals surface area (Å²) in [5, 5.41) is 3.67. The molecule has 1 aliphatic rings. The monoisotopic (exact) mass is 386 g/mol. The molecule has 0 saturated carbocycles. The van der Waals surface area contributed by atoms with Crippen LogP contribution in [0.4, 0.5) is 0 Å². The lowest BCUT2D eigenvalue weighted by Gasteiger charge is -2.32. The van der Waals surface area contributed by atoms with Crippen LogP contribution in [0.3, 0.4) is 0 Å². The van der Waals surface area contributed by atoms with Gasteiger partial charge in [0.1, 0.15) is 5.75 Å². The van der Waals surface area contributed by atoms with Gasteiger partial charge in [-0.3, -0.25) is 9.59 Å². The van der Waals surface area contributed by atoms with Crippen molar-refractivity contribution in [2.24, 2.45) is 0 Å². The van der Waals surface area contributed by atoms with E-state index in [2.05, 4.69) is 5.32 Å². The molecular formula is C18H24Cl2N2O3. The molecule has 2 rings (SSSR count). The quantitative estimate of drug-likeness (QED) is 0.764. The van der Waals surface area contributed by atoms with Gasteiger partial charge in [-0.25, -0.2) is 0 Å². The average Bonchev–Trinajstić information content (AvgIpc) is 2.58. The summed E-state index contributed by atoms with van der Waals surface area (Å²) in [6.07, 6.45) is 1.83. The topological polar surface area (TPSA) is 58.6 Å². The molecule has 1 fully saturated rings. The molecule has 0 radical (unpaired) electrons. The first-order valence-electron chi connectivity index (χ1n) is 8.43. The molecule has 1 aromatic rings. The second kappa shape index (κ2) is 9.30. The van der Waals surface area contributed by atoms with E-state index in [1.807, 2.05) is 26.0 Å². The zero-order chi connectivity index (χ0) is 18.4. The Morgan fingerprint density at radius 3 is 2.40 bits per heavy atom. The molecule has 0 aromatic heterocycles. The van der Waals surface area contributed by atoms with Gasteiger partial charge in [0, 0.05) is 36.5 Å². The molecule has 0 aliphatic carbocycles. The molecule has 25 heavy (non-hydrogen) atoms. The van der Waals surface area contributed by atoms with Crippen LogP contribution in [0.5, 0.6) is 5.75 Å². The Bertz CT molecular complexity index is 606. The molecule has 1 aliphatic heterocycles. The first-order chi connectivity index (χ1) is 11.9. The molecular weight excluding hydrogens is 363 g/mol. The number of nitrogens with one attached hydrogen (secondary N) is 1. The van der Waals surface area contributed by atoms with Crippen LogP contribution in [0, 0.1) is 13.8 Å². The number of nitrogens with zero attached hydrogens (tertiary/aromatic N) is 1. The second-order valence-electron chi connectivity index (χ2n) is 6.32. The number of likely N-dealkylation sites (tertiary alicyclic amines) is 1. The molecule has 1 aromatic carbocycles. The Labute approximate surface area is 158 Å². The van der Waals surface area contributed by atoms with Gasteiger partial charge >= 0.3 is 0 Å². The third kappa shape index (κ3) is 5.79. The van der Waals surface area contributed by atoms with Crippen LogP contribution < -0.4 is 10.1 Å². The number of halogens is 2. The van der Waals surface area contributed by atoms with E-state index in [4.69, 9.17) is 27.9 Å². The minimum atomic E-state index is -0.0456. The molecule has 0 atom stereocenters. The number of piperidine rings is 1. The number of carbonyl (C=O) groups excluding carboxylic acids is 2. The normalized spacial score (nSPS) is 15.1. The van der Waals surface area contributed by atoms with E-state index in [1.54, 1.807) is 4.90 Å². The molecule has 0 unspecified atom stereocenters. The fourth-order valence-electron chi connectivity index (χ4n) is 2.88. The van der Waals surface area contributed by atoms with E-state index in [1.165, 1.54) is 0 Å². The average molecular weight is 387 g/mol. The van der Waals surface area contributed by atoms with Crippen molar-refractivity contribution in [2.45, 2.75) is 39.2 Å². The summed E-state index contributed by atoms with van der Waals surface area (Å²) in [6, 6.07) is 3.78. The number of aryl methyl sites for hydroxylation is 2. The Balaban J connectivity index is 1.78. The maximum atomic E-state index is 12.3. The fraction of sp³-hybridized carbons (Fsp3) is 0.556. The minimum absolute atomic E-state index is 0.00376. The van der Waals surface area contributed by atoms with Gasteiger partial charge in [0.15, 0.2) is 6.61 Å². The minimum Gasteiger partial charge on any atom is -0.484 e. The Hall–Kier alpha value is -1.46. The van der Waals surface area contributed by atoms with Crippen molar-refractivity contribution in [1.82, 2.24) is 10.2 Å². The van der Waals surface area contributed by atoms with Crippen molar-refractivity contribution in [2.75, 3.05) is 25.6 Å². The number of amides is 2. The second-order valence-corrected chi connectivity index (χ2v) is 7.08. The van der Waals surface area contributed by atoms with Gasteiger partial charge in [-0.05, 0) is 49.9 Å². The molecule has 7 heteroatoms. The van der Waals surface area contributed by atoms with Crippen LogP contribution in [0.1, 0.15) is 30.4 Å². The van der Waals surface area contributed by atoms with Gasteiger partial charge < -0.3 is 15.0 Å². The third-order valence-electron chi connectivity index (χ3n) is 4.31. The highest BCUT2D eigenvalue weighted by atomic mass is 35.5. The molecule has 2 amide bonds. The number of alkyl halides is 1. The lowest BCUT2D eigenvalue weighted by atomic mass is 10.0. The molecule has 1 N–H and O–H groups in total. The number of carbonyl (C=O) groups is 2. The van der Waals surface area contributed by atoms with Crippen LogP contribution in [0.15, 0.2) is 12.1 Å². The lowest BCUT2D eigenvalue weighted by Crippen LogP contribution is -2.47. The van der Waals surface area contributed by atoms with E-state index in [0.29, 0.717) is 31.1 Å². The molecule has 1 heterocycles. The summed E-state index contributed by atoms with van der Waals surface area (Å²) in [4.78, 5) is 25.6. The van der Waals surface area contributed by atoms with Crippen molar-refractivity contribution in [3.05, 3.63) is 28.3 Å². The summed E-state index contributed by atoms with van der Waals surface area (Å²) < 4.78 is 5.63. The SMILES string of the molecule is Cc1cc(OCC(=O)N2CCC(NC(=O)CCCl)CC2)cc(C)c1Cl. The van der Waals surface area contributed by atoms with Crippen molar-refractivity contribution in [3.63, 3.8) is 0 Å². The van der Waals surface area contributed by atoms with E-state index in [0.717, 1.165) is 29.0 Å². The third-order valence-corrected chi connectivity index (χ3v) is 5.09. The first-order valence-corrected chi connectivity index (χ1v) is 9.34. The molecule has 1 saturated heterocycles. The Morgan fingerprint density at radius 1 is 1.24 bits per heavy atom. The summed E-state index contributed by atoms with van der Waals surface area (Å²) >= 11 is 11.7. The van der Waals surface area contributed by atoms with Crippen LogP contribution >= 0.6 is 23.2 Å². The van der Waals surface area contributed by atoms with Crippen molar-refractivity contribution in [1.29, 1.82) is 0 Å². The van der Waals surface area contributed by atoms with Crippen LogP contribution in [0.25, 0.3) is 0 Å². The summed E-state index contributed by atoms with van der Waals surface area (Å²) in [7, 11) is 0. The van der Waals surface area contributed by atoms with Gasteiger partial charge in [0.2, 0.25) is 5.91 Å². The summed E-state index contributed by atoms with van der Waals surface area (Å²) in [5.41, 5.74) is 1.86. The van der Waals surface area contributed by atoms with Crippen LogP contribution in [0.2, 0.25) is 5.02 Å².